The number of hydrogen-bond acceptors (Lipinski definition) is 5. The van der Waals surface area contributed by atoms with Crippen molar-refractivity contribution in [2.75, 3.05) is 18.2 Å². The van der Waals surface area contributed by atoms with Crippen LogP contribution in [0.25, 0.3) is 5.70 Å². The molecule has 1 aliphatic heterocycles. The van der Waals surface area contributed by atoms with Gasteiger partial charge in [-0.3, -0.25) is 14.8 Å². The molecule has 136 valence electrons. The maximum Gasteiger partial charge on any atom is 0.249 e. The minimum Gasteiger partial charge on any atom is -0.394 e. The minimum absolute atomic E-state index is 0.0623. The minimum atomic E-state index is -1.10. The van der Waals surface area contributed by atoms with Crippen LogP contribution >= 0.6 is 11.6 Å². The van der Waals surface area contributed by atoms with Crippen LogP contribution in [0.1, 0.15) is 12.0 Å². The van der Waals surface area contributed by atoms with Crippen LogP contribution in [0.15, 0.2) is 48.8 Å². The molecule has 1 aromatic carbocycles. The van der Waals surface area contributed by atoms with Crippen LogP contribution in [-0.2, 0) is 4.79 Å². The first-order chi connectivity index (χ1) is 12.5. The van der Waals surface area contributed by atoms with E-state index in [2.05, 4.69) is 4.98 Å². The van der Waals surface area contributed by atoms with Crippen molar-refractivity contribution in [3.63, 3.8) is 0 Å². The van der Waals surface area contributed by atoms with Gasteiger partial charge in [0.2, 0.25) is 5.91 Å². The first-order valence-electron chi connectivity index (χ1n) is 7.95. The van der Waals surface area contributed by atoms with E-state index in [1.807, 2.05) is 0 Å². The third-order valence-electron chi connectivity index (χ3n) is 3.90. The molecule has 8 heteroatoms. The zero-order valence-electron chi connectivity index (χ0n) is 13.7. The van der Waals surface area contributed by atoms with Gasteiger partial charge in [-0.25, -0.2) is 9.40 Å². The lowest BCUT2D eigenvalue weighted by atomic mass is 10.1. The van der Waals surface area contributed by atoms with Gasteiger partial charge in [-0.15, -0.1) is 0 Å². The Morgan fingerprint density at radius 2 is 2.00 bits per heavy atom. The second-order valence-corrected chi connectivity index (χ2v) is 6.22. The number of anilines is 1. The lowest BCUT2D eigenvalue weighted by molar-refractivity contribution is -0.120. The number of carbonyl (C=O) groups excluding carboxylic acids is 1. The molecule has 3 rings (SSSR count). The predicted octanol–water partition coefficient (Wildman–Crippen LogP) is 2.22. The monoisotopic (exact) mass is 377 g/mol. The molecule has 1 amide bonds. The fourth-order valence-corrected chi connectivity index (χ4v) is 2.87. The van der Waals surface area contributed by atoms with Gasteiger partial charge in [0.15, 0.2) is 0 Å². The number of hydrogen-bond donors (Lipinski definition) is 2. The molecule has 1 atom stereocenters. The smallest absolute Gasteiger partial charge is 0.249 e. The van der Waals surface area contributed by atoms with Gasteiger partial charge in [0, 0.05) is 17.5 Å². The van der Waals surface area contributed by atoms with Gasteiger partial charge in [-0.2, -0.15) is 0 Å². The maximum absolute atomic E-state index is 13.6. The summed E-state index contributed by atoms with van der Waals surface area (Å²) < 4.78 is 13.6. The quantitative estimate of drug-likeness (QED) is 0.835. The Morgan fingerprint density at radius 3 is 2.65 bits per heavy atom. The third kappa shape index (κ3) is 3.85. The number of nitrogens with zero attached hydrogens (tertiary/aromatic N) is 3. The van der Waals surface area contributed by atoms with Crippen molar-refractivity contribution < 1.29 is 19.4 Å². The average Bonchev–Trinajstić information content (AvgIpc) is 2.63. The highest BCUT2D eigenvalue weighted by Crippen LogP contribution is 2.31. The van der Waals surface area contributed by atoms with Crippen LogP contribution in [0.4, 0.5) is 10.1 Å². The normalized spacial score (nSPS) is 15.8. The molecule has 0 bridgehead atoms. The molecule has 1 unspecified atom stereocenters. The SMILES string of the molecule is O=C1CC=C(c2ccc(Cl)cc2)N(CC(O)CO)N1c1cncc(F)c1. The molecule has 0 aliphatic carbocycles. The van der Waals surface area contributed by atoms with Crippen LogP contribution in [-0.4, -0.2) is 45.4 Å². The topological polar surface area (TPSA) is 76.9 Å². The number of aliphatic hydroxyl groups excluding tert-OH is 2. The summed E-state index contributed by atoms with van der Waals surface area (Å²) in [5.41, 5.74) is 1.64. The predicted molar refractivity (Wildman–Crippen MR) is 95.5 cm³/mol. The van der Waals surface area contributed by atoms with E-state index in [4.69, 9.17) is 11.6 Å². The number of aliphatic hydroxyl groups is 2. The number of benzene rings is 1. The Bertz CT molecular complexity index is 829. The Hall–Kier alpha value is -2.48. The molecule has 1 aliphatic rings. The van der Waals surface area contributed by atoms with Crippen molar-refractivity contribution in [2.45, 2.75) is 12.5 Å². The number of pyridine rings is 1. The highest BCUT2D eigenvalue weighted by atomic mass is 35.5. The largest absolute Gasteiger partial charge is 0.394 e. The number of halogens is 2. The van der Waals surface area contributed by atoms with E-state index in [0.717, 1.165) is 11.8 Å². The summed E-state index contributed by atoms with van der Waals surface area (Å²) in [7, 11) is 0. The summed E-state index contributed by atoms with van der Waals surface area (Å²) in [6.45, 7) is -0.541. The summed E-state index contributed by atoms with van der Waals surface area (Å²) in [5.74, 6) is -0.888. The number of rotatable bonds is 5. The number of hydrazine groups is 1. The van der Waals surface area contributed by atoms with Crippen LogP contribution in [0.5, 0.6) is 0 Å². The van der Waals surface area contributed by atoms with Gasteiger partial charge in [0.1, 0.15) is 5.82 Å². The number of amides is 1. The van der Waals surface area contributed by atoms with Gasteiger partial charge in [-0.05, 0) is 23.8 Å². The molecule has 2 aromatic rings. The van der Waals surface area contributed by atoms with Crippen LogP contribution < -0.4 is 5.01 Å². The summed E-state index contributed by atoms with van der Waals surface area (Å²) >= 11 is 5.94. The molecule has 6 nitrogen and oxygen atoms in total. The van der Waals surface area contributed by atoms with E-state index in [1.54, 1.807) is 30.3 Å². The van der Waals surface area contributed by atoms with Crippen molar-refractivity contribution >= 4 is 28.9 Å². The lowest BCUT2D eigenvalue weighted by Gasteiger charge is -2.41. The summed E-state index contributed by atoms with van der Waals surface area (Å²) in [6, 6.07) is 8.17. The van der Waals surface area contributed by atoms with Gasteiger partial charge >= 0.3 is 0 Å². The standard InChI is InChI=1S/C18H17ClFN3O3/c19-13-3-1-12(2-4-13)17-5-6-18(26)23(22(17)10-16(25)11-24)15-7-14(20)8-21-9-15/h1-5,7-9,16,24-25H,6,10-11H2. The van der Waals surface area contributed by atoms with Gasteiger partial charge in [-0.1, -0.05) is 23.7 Å². The van der Waals surface area contributed by atoms with Crippen LogP contribution in [0, 0.1) is 5.82 Å². The summed E-state index contributed by atoms with van der Waals surface area (Å²) in [6.07, 6.45) is 3.13. The molecule has 0 radical (unpaired) electrons. The molecule has 0 saturated carbocycles. The van der Waals surface area contributed by atoms with Gasteiger partial charge < -0.3 is 10.2 Å². The molecule has 0 spiro atoms. The van der Waals surface area contributed by atoms with Crippen LogP contribution in [0.2, 0.25) is 5.02 Å². The van der Waals surface area contributed by atoms with Crippen LogP contribution in [0.3, 0.4) is 0 Å². The zero-order chi connectivity index (χ0) is 18.7. The lowest BCUT2D eigenvalue weighted by Crippen LogP contribution is -2.51. The second kappa shape index (κ2) is 7.82. The molecule has 0 saturated heterocycles. The molecule has 2 N–H and O–H groups in total. The van der Waals surface area contributed by atoms with E-state index >= 15 is 0 Å². The zero-order valence-corrected chi connectivity index (χ0v) is 14.5. The second-order valence-electron chi connectivity index (χ2n) is 5.79. The molecule has 0 fully saturated rings. The fourth-order valence-electron chi connectivity index (χ4n) is 2.74. The fraction of sp³-hybridized carbons (Fsp3) is 0.222. The average molecular weight is 378 g/mol. The summed E-state index contributed by atoms with van der Waals surface area (Å²) in [5, 5.41) is 22.5. The van der Waals surface area contributed by atoms with Crippen molar-refractivity contribution in [3.05, 3.63) is 65.2 Å². The van der Waals surface area contributed by atoms with E-state index in [9.17, 15) is 19.4 Å². The van der Waals surface area contributed by atoms with E-state index in [1.165, 1.54) is 22.3 Å². The van der Waals surface area contributed by atoms with Gasteiger partial charge in [0.05, 0.1) is 43.0 Å². The van der Waals surface area contributed by atoms with E-state index in [-0.39, 0.29) is 24.6 Å². The van der Waals surface area contributed by atoms with Crippen molar-refractivity contribution in [3.8, 4) is 0 Å². The van der Waals surface area contributed by atoms with E-state index in [0.29, 0.717) is 10.7 Å². The number of carbonyl (C=O) groups is 1. The highest BCUT2D eigenvalue weighted by molar-refractivity contribution is 6.30. The summed E-state index contributed by atoms with van der Waals surface area (Å²) in [4.78, 5) is 16.3. The first-order valence-corrected chi connectivity index (χ1v) is 8.33. The first kappa shape index (κ1) is 18.3. The molecule has 26 heavy (non-hydrogen) atoms. The third-order valence-corrected chi connectivity index (χ3v) is 4.15. The van der Waals surface area contributed by atoms with Crippen molar-refractivity contribution in [1.29, 1.82) is 0 Å². The Labute approximate surface area is 154 Å². The molecular weight excluding hydrogens is 361 g/mol. The van der Waals surface area contributed by atoms with Gasteiger partial charge in [0.25, 0.3) is 0 Å². The Morgan fingerprint density at radius 1 is 1.27 bits per heavy atom. The van der Waals surface area contributed by atoms with E-state index < -0.39 is 18.5 Å². The number of aromatic nitrogens is 1. The van der Waals surface area contributed by atoms with Crippen molar-refractivity contribution in [2.24, 2.45) is 0 Å². The number of β-amino-alcohol motifs (C(OH)–C–C–N with tert-alkyl or cyclic N) is 1. The molecule has 2 heterocycles. The Kier molecular flexibility index (Phi) is 5.51. The maximum atomic E-state index is 13.6. The highest BCUT2D eigenvalue weighted by Gasteiger charge is 2.31. The molecule has 1 aromatic heterocycles. The Balaban J connectivity index is 2.05. The molecular formula is C18H17ClFN3O3. The van der Waals surface area contributed by atoms with Crippen molar-refractivity contribution in [1.82, 2.24) is 9.99 Å².